The van der Waals surface area contributed by atoms with Crippen LogP contribution in [0.3, 0.4) is 0 Å². The smallest absolute Gasteiger partial charge is 0.228 e. The van der Waals surface area contributed by atoms with Crippen LogP contribution < -0.4 is 10.1 Å². The summed E-state index contributed by atoms with van der Waals surface area (Å²) in [5, 5.41) is 3.51. The summed E-state index contributed by atoms with van der Waals surface area (Å²) in [4.78, 5) is 16.0. The van der Waals surface area contributed by atoms with Crippen LogP contribution in [0.2, 0.25) is 0 Å². The highest BCUT2D eigenvalue weighted by molar-refractivity contribution is 5.82. The lowest BCUT2D eigenvalue weighted by molar-refractivity contribution is -0.144. The van der Waals surface area contributed by atoms with Gasteiger partial charge in [0, 0.05) is 25.6 Å². The Labute approximate surface area is 208 Å². The zero-order valence-corrected chi connectivity index (χ0v) is 20.4. The summed E-state index contributed by atoms with van der Waals surface area (Å²) in [5.41, 5.74) is 4.69. The molecule has 0 radical (unpaired) electrons. The van der Waals surface area contributed by atoms with Gasteiger partial charge in [-0.05, 0) is 40.8 Å². The first kappa shape index (κ1) is 23.6. The van der Waals surface area contributed by atoms with Gasteiger partial charge in [-0.15, -0.1) is 0 Å². The van der Waals surface area contributed by atoms with Gasteiger partial charge in [0.25, 0.3) is 0 Å². The average molecular weight is 471 g/mol. The fourth-order valence-electron chi connectivity index (χ4n) is 5.33. The van der Waals surface area contributed by atoms with Crippen molar-refractivity contribution in [3.05, 3.63) is 90.0 Å². The molecule has 0 unspecified atom stereocenters. The molecule has 2 aliphatic rings. The van der Waals surface area contributed by atoms with E-state index in [1.165, 1.54) is 11.1 Å². The first-order chi connectivity index (χ1) is 17.3. The van der Waals surface area contributed by atoms with Gasteiger partial charge >= 0.3 is 0 Å². The molecule has 5 nitrogen and oxygen atoms in total. The highest BCUT2D eigenvalue weighted by Gasteiger charge is 2.40. The van der Waals surface area contributed by atoms with Crippen molar-refractivity contribution in [3.63, 3.8) is 0 Å². The molecule has 3 atom stereocenters. The van der Waals surface area contributed by atoms with E-state index in [-0.39, 0.29) is 23.8 Å². The largest absolute Gasteiger partial charge is 0.494 e. The summed E-state index contributed by atoms with van der Waals surface area (Å²) in [6.45, 7) is 6.08. The third-order valence-corrected chi connectivity index (χ3v) is 7.13. The average Bonchev–Trinajstić information content (AvgIpc) is 3.42. The number of carbonyl (C=O) groups excluding carboxylic acids is 1. The Kier molecular flexibility index (Phi) is 7.45. The number of benzene rings is 3. The summed E-state index contributed by atoms with van der Waals surface area (Å²) in [6, 6.07) is 27.0. The third-order valence-electron chi connectivity index (χ3n) is 7.13. The van der Waals surface area contributed by atoms with Crippen LogP contribution in [0.15, 0.2) is 78.9 Å². The Bertz CT molecular complexity index is 1120. The van der Waals surface area contributed by atoms with E-state index in [0.717, 1.165) is 36.4 Å². The van der Waals surface area contributed by atoms with Gasteiger partial charge in [-0.25, -0.2) is 0 Å². The second kappa shape index (κ2) is 11.1. The van der Waals surface area contributed by atoms with E-state index in [9.17, 15) is 4.79 Å². The van der Waals surface area contributed by atoms with Crippen molar-refractivity contribution < 1.29 is 14.3 Å². The molecule has 1 amide bonds. The number of nitrogens with zero attached hydrogens (tertiary/aromatic N) is 1. The van der Waals surface area contributed by atoms with Gasteiger partial charge in [0.2, 0.25) is 5.91 Å². The van der Waals surface area contributed by atoms with E-state index in [1.54, 1.807) is 0 Å². The van der Waals surface area contributed by atoms with Crippen LogP contribution in [0.4, 0.5) is 0 Å². The van der Waals surface area contributed by atoms with Crippen LogP contribution in [-0.2, 0) is 9.53 Å². The number of morpholine rings is 1. The number of rotatable bonds is 7. The summed E-state index contributed by atoms with van der Waals surface area (Å²) >= 11 is 0. The molecule has 3 aromatic carbocycles. The molecular weight excluding hydrogens is 436 g/mol. The molecule has 0 aromatic heterocycles. The van der Waals surface area contributed by atoms with Crippen molar-refractivity contribution >= 4 is 5.91 Å². The minimum Gasteiger partial charge on any atom is -0.494 e. The van der Waals surface area contributed by atoms with Gasteiger partial charge in [0.15, 0.2) is 0 Å². The molecule has 2 fully saturated rings. The van der Waals surface area contributed by atoms with E-state index < -0.39 is 0 Å². The van der Waals surface area contributed by atoms with Crippen LogP contribution in [0.5, 0.6) is 5.75 Å². The molecule has 0 spiro atoms. The lowest BCUT2D eigenvalue weighted by Gasteiger charge is -2.38. The van der Waals surface area contributed by atoms with Gasteiger partial charge in [-0.2, -0.15) is 0 Å². The maximum atomic E-state index is 14.0. The molecule has 0 aliphatic carbocycles. The van der Waals surface area contributed by atoms with Crippen LogP contribution >= 0.6 is 0 Å². The topological polar surface area (TPSA) is 50.8 Å². The van der Waals surface area contributed by atoms with Crippen molar-refractivity contribution in [2.24, 2.45) is 5.92 Å². The van der Waals surface area contributed by atoms with E-state index in [4.69, 9.17) is 9.47 Å². The summed E-state index contributed by atoms with van der Waals surface area (Å²) in [6.07, 6.45) is 0.989. The lowest BCUT2D eigenvalue weighted by atomic mass is 9.83. The van der Waals surface area contributed by atoms with Crippen LogP contribution in [-0.4, -0.2) is 50.3 Å². The molecule has 0 saturated carbocycles. The number of carbonyl (C=O) groups is 1. The molecule has 2 heterocycles. The normalized spacial score (nSPS) is 22.2. The first-order valence-corrected chi connectivity index (χ1v) is 12.7. The van der Waals surface area contributed by atoms with Crippen molar-refractivity contribution in [2.45, 2.75) is 25.3 Å². The van der Waals surface area contributed by atoms with Crippen molar-refractivity contribution in [2.75, 3.05) is 39.5 Å². The van der Waals surface area contributed by atoms with Crippen molar-refractivity contribution in [3.8, 4) is 16.9 Å². The summed E-state index contributed by atoms with van der Waals surface area (Å²) in [5.74, 6) is 1.12. The fourth-order valence-corrected chi connectivity index (χ4v) is 5.33. The van der Waals surface area contributed by atoms with Gasteiger partial charge in [-0.3, -0.25) is 4.79 Å². The van der Waals surface area contributed by atoms with Crippen molar-refractivity contribution in [1.82, 2.24) is 10.2 Å². The Morgan fingerprint density at radius 3 is 2.57 bits per heavy atom. The molecule has 2 saturated heterocycles. The van der Waals surface area contributed by atoms with Crippen LogP contribution in [0.25, 0.3) is 11.1 Å². The van der Waals surface area contributed by atoms with Gasteiger partial charge in [0.1, 0.15) is 5.75 Å². The van der Waals surface area contributed by atoms with Gasteiger partial charge in [0.05, 0.1) is 31.8 Å². The molecule has 0 bridgehead atoms. The maximum absolute atomic E-state index is 14.0. The van der Waals surface area contributed by atoms with Crippen LogP contribution in [0.1, 0.15) is 36.4 Å². The number of amides is 1. The Morgan fingerprint density at radius 2 is 1.77 bits per heavy atom. The minimum atomic E-state index is -0.104. The predicted molar refractivity (Wildman–Crippen MR) is 138 cm³/mol. The molecule has 182 valence electrons. The molecule has 5 rings (SSSR count). The van der Waals surface area contributed by atoms with Crippen molar-refractivity contribution in [1.29, 1.82) is 0 Å². The third kappa shape index (κ3) is 5.12. The zero-order valence-electron chi connectivity index (χ0n) is 20.4. The molecule has 1 N–H and O–H groups in total. The molecule has 2 aliphatic heterocycles. The Hall–Kier alpha value is -3.15. The fraction of sp³-hybridized carbons (Fsp3) is 0.367. The summed E-state index contributed by atoms with van der Waals surface area (Å²) < 4.78 is 11.6. The maximum Gasteiger partial charge on any atom is 0.228 e. The SMILES string of the molecule is CCCOc1ccc(-c2ccccc2[C@@H]2CNC[C@H]2C(=O)N2CCOC[C@@H]2c2ccccc2)cc1. The number of hydrogen-bond donors (Lipinski definition) is 1. The first-order valence-electron chi connectivity index (χ1n) is 12.7. The molecule has 5 heteroatoms. The molecular formula is C30H34N2O3. The highest BCUT2D eigenvalue weighted by atomic mass is 16.5. The van der Waals surface area contributed by atoms with Gasteiger partial charge < -0.3 is 19.7 Å². The Morgan fingerprint density at radius 1 is 1.00 bits per heavy atom. The highest BCUT2D eigenvalue weighted by Crippen LogP contribution is 2.38. The van der Waals surface area contributed by atoms with Crippen LogP contribution in [0, 0.1) is 5.92 Å². The summed E-state index contributed by atoms with van der Waals surface area (Å²) in [7, 11) is 0. The lowest BCUT2D eigenvalue weighted by Crippen LogP contribution is -2.47. The molecule has 35 heavy (non-hydrogen) atoms. The second-order valence-corrected chi connectivity index (χ2v) is 9.36. The zero-order chi connectivity index (χ0) is 24.0. The number of hydrogen-bond acceptors (Lipinski definition) is 4. The quantitative estimate of drug-likeness (QED) is 0.525. The number of nitrogens with one attached hydrogen (secondary N) is 1. The standard InChI is InChI=1S/C30H34N2O3/c1-2-17-35-24-14-12-22(13-15-24)25-10-6-7-11-26(25)27-19-31-20-28(27)30(33)32-16-18-34-21-29(32)23-8-4-3-5-9-23/h3-15,27-29,31H,2,16-21H2,1H3/t27-,28+,29+/m0/s1. The van der Waals surface area contributed by atoms with E-state index >= 15 is 0 Å². The van der Waals surface area contributed by atoms with E-state index in [1.807, 2.05) is 35.2 Å². The van der Waals surface area contributed by atoms with E-state index in [2.05, 4.69) is 60.8 Å². The number of ether oxygens (including phenoxy) is 2. The Balaban J connectivity index is 1.40. The predicted octanol–water partition coefficient (Wildman–Crippen LogP) is 5.05. The van der Waals surface area contributed by atoms with E-state index in [0.29, 0.717) is 26.3 Å². The second-order valence-electron chi connectivity index (χ2n) is 9.36. The van der Waals surface area contributed by atoms with Gasteiger partial charge in [-0.1, -0.05) is 73.7 Å². The molecule has 3 aromatic rings. The monoisotopic (exact) mass is 470 g/mol. The minimum absolute atomic E-state index is 0.0374.